The number of aromatic nitrogens is 1. The van der Waals surface area contributed by atoms with Crippen LogP contribution >= 0.6 is 11.3 Å². The van der Waals surface area contributed by atoms with Gasteiger partial charge in [0.2, 0.25) is 0 Å². The number of thiazole rings is 1. The van der Waals surface area contributed by atoms with E-state index in [-0.39, 0.29) is 5.97 Å². The number of nitrogens with one attached hydrogen (secondary N) is 1. The van der Waals surface area contributed by atoms with E-state index in [9.17, 15) is 10.1 Å². The molecule has 0 amide bonds. The average molecular weight is 447 g/mol. The third-order valence-electron chi connectivity index (χ3n) is 4.96. The standard InChI is InChI=1S/C25H26N4O2S/c1-3-29(4-2)14-15-31-25(30)20-10-12-22(13-11-20)27-17-21(16-26)24-28-23(18-32-24)19-8-6-5-7-9-19/h5-13,17-18,27H,3-4,14-15H2,1-2H3. The molecule has 1 aromatic heterocycles. The zero-order valence-corrected chi connectivity index (χ0v) is 19.1. The summed E-state index contributed by atoms with van der Waals surface area (Å²) in [4.78, 5) is 19.0. The topological polar surface area (TPSA) is 78.2 Å². The Morgan fingerprint density at radius 3 is 2.53 bits per heavy atom. The van der Waals surface area contributed by atoms with Crippen molar-refractivity contribution in [1.29, 1.82) is 5.26 Å². The van der Waals surface area contributed by atoms with Crippen LogP contribution in [0, 0.1) is 11.3 Å². The number of hydrogen-bond donors (Lipinski definition) is 1. The maximum absolute atomic E-state index is 12.2. The quantitative estimate of drug-likeness (QED) is 0.337. The number of likely N-dealkylation sites (N-methyl/N-ethyl adjacent to an activating group) is 1. The van der Waals surface area contributed by atoms with Crippen LogP contribution in [0.4, 0.5) is 5.69 Å². The normalized spacial score (nSPS) is 11.2. The summed E-state index contributed by atoms with van der Waals surface area (Å²) in [7, 11) is 0. The molecule has 0 fully saturated rings. The Bertz CT molecular complexity index is 1080. The minimum atomic E-state index is -0.340. The van der Waals surface area contributed by atoms with E-state index >= 15 is 0 Å². The van der Waals surface area contributed by atoms with Gasteiger partial charge in [-0.3, -0.25) is 0 Å². The minimum absolute atomic E-state index is 0.340. The fourth-order valence-corrected chi connectivity index (χ4v) is 3.82. The van der Waals surface area contributed by atoms with Gasteiger partial charge in [-0.25, -0.2) is 9.78 Å². The summed E-state index contributed by atoms with van der Waals surface area (Å²) in [5.74, 6) is -0.340. The molecule has 3 aromatic rings. The van der Waals surface area contributed by atoms with Crippen LogP contribution in [0.5, 0.6) is 0 Å². The van der Waals surface area contributed by atoms with Gasteiger partial charge >= 0.3 is 5.97 Å². The third-order valence-corrected chi connectivity index (χ3v) is 5.84. The molecule has 0 aliphatic carbocycles. The molecule has 1 N–H and O–H groups in total. The molecule has 3 rings (SSSR count). The maximum atomic E-state index is 12.2. The molecule has 0 aliphatic heterocycles. The van der Waals surface area contributed by atoms with Gasteiger partial charge < -0.3 is 15.0 Å². The van der Waals surface area contributed by atoms with Gasteiger partial charge in [0.1, 0.15) is 23.3 Å². The smallest absolute Gasteiger partial charge is 0.338 e. The number of nitrogens with zero attached hydrogens (tertiary/aromatic N) is 3. The molecule has 0 atom stereocenters. The molecule has 0 radical (unpaired) electrons. The van der Waals surface area contributed by atoms with Crippen molar-refractivity contribution in [3.8, 4) is 17.3 Å². The van der Waals surface area contributed by atoms with E-state index in [1.165, 1.54) is 11.3 Å². The lowest BCUT2D eigenvalue weighted by atomic mass is 10.2. The molecule has 164 valence electrons. The first-order chi connectivity index (χ1) is 15.6. The van der Waals surface area contributed by atoms with Crippen molar-refractivity contribution >= 4 is 28.6 Å². The lowest BCUT2D eigenvalue weighted by Crippen LogP contribution is -2.27. The van der Waals surface area contributed by atoms with Crippen molar-refractivity contribution in [2.45, 2.75) is 13.8 Å². The summed E-state index contributed by atoms with van der Waals surface area (Å²) >= 11 is 1.42. The van der Waals surface area contributed by atoms with Crippen LogP contribution < -0.4 is 5.32 Å². The van der Waals surface area contributed by atoms with Gasteiger partial charge in [0, 0.05) is 29.4 Å². The second kappa shape index (κ2) is 11.8. The van der Waals surface area contributed by atoms with Crippen molar-refractivity contribution in [2.75, 3.05) is 31.6 Å². The van der Waals surface area contributed by atoms with Crippen LogP contribution in [-0.4, -0.2) is 42.1 Å². The van der Waals surface area contributed by atoms with E-state index in [4.69, 9.17) is 4.74 Å². The summed E-state index contributed by atoms with van der Waals surface area (Å²) in [6.07, 6.45) is 1.63. The predicted octanol–water partition coefficient (Wildman–Crippen LogP) is 5.29. The van der Waals surface area contributed by atoms with Crippen molar-refractivity contribution in [2.24, 2.45) is 0 Å². The molecule has 1 heterocycles. The molecule has 0 saturated carbocycles. The van der Waals surface area contributed by atoms with Crippen LogP contribution in [0.15, 0.2) is 66.2 Å². The molecule has 0 spiro atoms. The molecule has 0 saturated heterocycles. The summed E-state index contributed by atoms with van der Waals surface area (Å²) < 4.78 is 5.35. The monoisotopic (exact) mass is 446 g/mol. The van der Waals surface area contributed by atoms with E-state index in [1.54, 1.807) is 30.5 Å². The Hall–Kier alpha value is -3.47. The Balaban J connectivity index is 1.59. The van der Waals surface area contributed by atoms with Crippen LogP contribution in [-0.2, 0) is 4.74 Å². The maximum Gasteiger partial charge on any atom is 0.338 e. The minimum Gasteiger partial charge on any atom is -0.461 e. The SMILES string of the molecule is CCN(CC)CCOC(=O)c1ccc(NC=C(C#N)c2nc(-c3ccccc3)cs2)cc1. The second-order valence-electron chi connectivity index (χ2n) is 6.96. The summed E-state index contributed by atoms with van der Waals surface area (Å²) in [6.45, 7) is 7.12. The summed E-state index contributed by atoms with van der Waals surface area (Å²) in [6, 6.07) is 19.0. The molecular formula is C25H26N4O2S. The number of esters is 1. The van der Waals surface area contributed by atoms with E-state index in [0.717, 1.165) is 36.6 Å². The van der Waals surface area contributed by atoms with Crippen molar-refractivity contribution in [3.05, 3.63) is 76.7 Å². The Morgan fingerprint density at radius 1 is 1.16 bits per heavy atom. The lowest BCUT2D eigenvalue weighted by Gasteiger charge is -2.17. The van der Waals surface area contributed by atoms with Crippen LogP contribution in [0.3, 0.4) is 0 Å². The highest BCUT2D eigenvalue weighted by Gasteiger charge is 2.10. The number of benzene rings is 2. The lowest BCUT2D eigenvalue weighted by molar-refractivity contribution is 0.0466. The number of carbonyl (C=O) groups excluding carboxylic acids is 1. The molecule has 7 heteroatoms. The number of carbonyl (C=O) groups is 1. The first-order valence-electron chi connectivity index (χ1n) is 10.5. The highest BCUT2D eigenvalue weighted by molar-refractivity contribution is 7.11. The Kier molecular flexibility index (Phi) is 8.55. The van der Waals surface area contributed by atoms with E-state index in [2.05, 4.69) is 35.1 Å². The third kappa shape index (κ3) is 6.27. The highest BCUT2D eigenvalue weighted by atomic mass is 32.1. The molecule has 0 unspecified atom stereocenters. The molecular weight excluding hydrogens is 420 g/mol. The first-order valence-corrected chi connectivity index (χ1v) is 11.4. The number of nitriles is 1. The zero-order valence-electron chi connectivity index (χ0n) is 18.2. The Labute approximate surface area is 192 Å². The van der Waals surface area contributed by atoms with Gasteiger partial charge in [-0.2, -0.15) is 5.26 Å². The Morgan fingerprint density at radius 2 is 1.88 bits per heavy atom. The van der Waals surface area contributed by atoms with Gasteiger partial charge in [-0.15, -0.1) is 11.3 Å². The number of anilines is 1. The molecule has 0 aliphatic rings. The molecule has 0 bridgehead atoms. The van der Waals surface area contributed by atoms with Gasteiger partial charge in [-0.1, -0.05) is 44.2 Å². The first kappa shape index (κ1) is 23.2. The van der Waals surface area contributed by atoms with Crippen LogP contribution in [0.1, 0.15) is 29.2 Å². The largest absolute Gasteiger partial charge is 0.461 e. The van der Waals surface area contributed by atoms with Gasteiger partial charge in [0.15, 0.2) is 0 Å². The molecule has 2 aromatic carbocycles. The van der Waals surface area contributed by atoms with Gasteiger partial charge in [0.25, 0.3) is 0 Å². The zero-order chi connectivity index (χ0) is 22.8. The summed E-state index contributed by atoms with van der Waals surface area (Å²) in [5, 5.41) is 15.2. The van der Waals surface area contributed by atoms with Gasteiger partial charge in [-0.05, 0) is 37.4 Å². The number of allylic oxidation sites excluding steroid dienone is 1. The van der Waals surface area contributed by atoms with E-state index in [1.807, 2.05) is 35.7 Å². The van der Waals surface area contributed by atoms with Crippen molar-refractivity contribution in [3.63, 3.8) is 0 Å². The fourth-order valence-electron chi connectivity index (χ4n) is 3.03. The van der Waals surface area contributed by atoms with Crippen LogP contribution in [0.2, 0.25) is 0 Å². The van der Waals surface area contributed by atoms with Gasteiger partial charge in [0.05, 0.1) is 11.3 Å². The van der Waals surface area contributed by atoms with Crippen molar-refractivity contribution < 1.29 is 9.53 Å². The predicted molar refractivity (Wildman–Crippen MR) is 129 cm³/mol. The number of hydrogen-bond acceptors (Lipinski definition) is 7. The second-order valence-corrected chi connectivity index (χ2v) is 7.82. The summed E-state index contributed by atoms with van der Waals surface area (Å²) in [5.41, 5.74) is 3.55. The van der Waals surface area contributed by atoms with E-state index < -0.39 is 0 Å². The fraction of sp³-hybridized carbons (Fsp3) is 0.240. The van der Waals surface area contributed by atoms with E-state index in [0.29, 0.717) is 22.8 Å². The highest BCUT2D eigenvalue weighted by Crippen LogP contribution is 2.26. The van der Waals surface area contributed by atoms with Crippen LogP contribution in [0.25, 0.3) is 16.8 Å². The number of rotatable bonds is 10. The molecule has 32 heavy (non-hydrogen) atoms. The van der Waals surface area contributed by atoms with Crippen molar-refractivity contribution in [1.82, 2.24) is 9.88 Å². The average Bonchev–Trinajstić information content (AvgIpc) is 3.33. The number of ether oxygens (including phenoxy) is 1. The molecule has 6 nitrogen and oxygen atoms in total.